The van der Waals surface area contributed by atoms with E-state index in [0.717, 1.165) is 0 Å². The Hall–Kier alpha value is -2.96. The maximum absolute atomic E-state index is 10.8. The molecule has 3 rings (SSSR count). The maximum Gasteiger partial charge on any atom is 0.313 e. The van der Waals surface area contributed by atoms with Crippen LogP contribution in [0.4, 0.5) is 5.69 Å². The number of hydrogen-bond donors (Lipinski definition) is 1. The summed E-state index contributed by atoms with van der Waals surface area (Å²) in [6.07, 6.45) is 2.51. The van der Waals surface area contributed by atoms with Gasteiger partial charge < -0.3 is 9.72 Å². The smallest absolute Gasteiger partial charge is 0.313 e. The summed E-state index contributed by atoms with van der Waals surface area (Å²) in [5, 5.41) is 10.8. The number of nitrogens with zero attached hydrogens (tertiary/aromatic N) is 3. The molecule has 0 spiro atoms. The number of hydrogen-bond acceptors (Lipinski definition) is 5. The highest BCUT2D eigenvalue weighted by Crippen LogP contribution is 2.30. The molecule has 0 atom stereocenters. The molecule has 0 saturated carbocycles. The van der Waals surface area contributed by atoms with E-state index in [9.17, 15) is 10.1 Å². The lowest BCUT2D eigenvalue weighted by Crippen LogP contribution is -1.91. The van der Waals surface area contributed by atoms with Crippen LogP contribution >= 0.6 is 0 Å². The van der Waals surface area contributed by atoms with Gasteiger partial charge in [-0.25, -0.2) is 4.98 Å². The number of H-pyrrole nitrogens is 1. The molecule has 0 aliphatic heterocycles. The molecule has 1 aromatic carbocycles. The van der Waals surface area contributed by atoms with Crippen molar-refractivity contribution in [2.75, 3.05) is 0 Å². The SMILES string of the molecule is O=[N+]([O-])c1c[nH]c2c(Oc3ccccc3)ncnc12. The van der Waals surface area contributed by atoms with E-state index in [4.69, 9.17) is 4.74 Å². The molecule has 0 aliphatic carbocycles. The fourth-order valence-corrected chi connectivity index (χ4v) is 1.72. The fourth-order valence-electron chi connectivity index (χ4n) is 1.72. The van der Waals surface area contributed by atoms with E-state index in [1.807, 2.05) is 18.2 Å². The number of fused-ring (bicyclic) bond motifs is 1. The Balaban J connectivity index is 2.07. The first-order valence-corrected chi connectivity index (χ1v) is 5.45. The second-order valence-corrected chi connectivity index (χ2v) is 3.75. The van der Waals surface area contributed by atoms with E-state index in [0.29, 0.717) is 11.3 Å². The second kappa shape index (κ2) is 4.37. The van der Waals surface area contributed by atoms with Gasteiger partial charge in [-0.05, 0) is 12.1 Å². The van der Waals surface area contributed by atoms with Gasteiger partial charge in [-0.15, -0.1) is 0 Å². The fraction of sp³-hybridized carbons (Fsp3) is 0. The van der Waals surface area contributed by atoms with E-state index in [2.05, 4.69) is 15.0 Å². The molecule has 3 aromatic rings. The first-order valence-electron chi connectivity index (χ1n) is 5.45. The van der Waals surface area contributed by atoms with Crippen molar-refractivity contribution in [3.05, 3.63) is 53.0 Å². The molecule has 19 heavy (non-hydrogen) atoms. The predicted octanol–water partition coefficient (Wildman–Crippen LogP) is 2.66. The lowest BCUT2D eigenvalue weighted by Gasteiger charge is -2.04. The number of nitro groups is 1. The average Bonchev–Trinajstić information content (AvgIpc) is 2.85. The second-order valence-electron chi connectivity index (χ2n) is 3.75. The summed E-state index contributed by atoms with van der Waals surface area (Å²) in [5.41, 5.74) is 0.527. The monoisotopic (exact) mass is 256 g/mol. The zero-order valence-electron chi connectivity index (χ0n) is 9.61. The van der Waals surface area contributed by atoms with Gasteiger partial charge in [0.2, 0.25) is 5.88 Å². The molecule has 0 saturated heterocycles. The van der Waals surface area contributed by atoms with Crippen LogP contribution in [0.15, 0.2) is 42.9 Å². The van der Waals surface area contributed by atoms with Gasteiger partial charge in [0.25, 0.3) is 0 Å². The van der Waals surface area contributed by atoms with E-state index in [1.165, 1.54) is 12.5 Å². The van der Waals surface area contributed by atoms with Gasteiger partial charge in [0.05, 0.1) is 11.1 Å². The van der Waals surface area contributed by atoms with Crippen LogP contribution in [-0.2, 0) is 0 Å². The average molecular weight is 256 g/mol. The largest absolute Gasteiger partial charge is 0.437 e. The molecule has 2 heterocycles. The molecular formula is C12H8N4O3. The Morgan fingerprint density at radius 2 is 2.00 bits per heavy atom. The van der Waals surface area contributed by atoms with Gasteiger partial charge in [0, 0.05) is 0 Å². The van der Waals surface area contributed by atoms with Crippen molar-refractivity contribution in [2.45, 2.75) is 0 Å². The number of aromatic amines is 1. The highest BCUT2D eigenvalue weighted by Gasteiger charge is 2.19. The van der Waals surface area contributed by atoms with Crippen LogP contribution in [0.3, 0.4) is 0 Å². The highest BCUT2D eigenvalue weighted by atomic mass is 16.6. The van der Waals surface area contributed by atoms with Crippen LogP contribution in [0.2, 0.25) is 0 Å². The minimum absolute atomic E-state index is 0.102. The van der Waals surface area contributed by atoms with Gasteiger partial charge in [-0.3, -0.25) is 10.1 Å². The number of aromatic nitrogens is 3. The lowest BCUT2D eigenvalue weighted by atomic mass is 10.3. The lowest BCUT2D eigenvalue weighted by molar-refractivity contribution is -0.383. The van der Waals surface area contributed by atoms with E-state index < -0.39 is 4.92 Å². The quantitative estimate of drug-likeness (QED) is 0.574. The van der Waals surface area contributed by atoms with Gasteiger partial charge >= 0.3 is 5.69 Å². The van der Waals surface area contributed by atoms with Crippen LogP contribution in [0.5, 0.6) is 11.6 Å². The van der Waals surface area contributed by atoms with Crippen LogP contribution in [0.25, 0.3) is 11.0 Å². The highest BCUT2D eigenvalue weighted by molar-refractivity contribution is 5.88. The molecule has 0 amide bonds. The van der Waals surface area contributed by atoms with Crippen LogP contribution < -0.4 is 4.74 Å². The summed E-state index contributed by atoms with van der Waals surface area (Å²) in [4.78, 5) is 21.0. The number of benzene rings is 1. The third kappa shape index (κ3) is 1.97. The van der Waals surface area contributed by atoms with E-state index in [-0.39, 0.29) is 17.1 Å². The molecule has 0 radical (unpaired) electrons. The molecule has 94 valence electrons. The molecular weight excluding hydrogens is 248 g/mol. The van der Waals surface area contributed by atoms with Gasteiger partial charge in [-0.1, -0.05) is 18.2 Å². The molecule has 0 bridgehead atoms. The Labute approximate surface area is 107 Å². The predicted molar refractivity (Wildman–Crippen MR) is 67.1 cm³/mol. The zero-order chi connectivity index (χ0) is 13.2. The Morgan fingerprint density at radius 3 is 2.74 bits per heavy atom. The molecule has 0 unspecified atom stereocenters. The van der Waals surface area contributed by atoms with Crippen LogP contribution in [0, 0.1) is 10.1 Å². The van der Waals surface area contributed by atoms with Crippen molar-refractivity contribution in [3.8, 4) is 11.6 Å². The standard InChI is InChI=1S/C12H8N4O3/c17-16(18)9-6-13-11-10(9)14-7-15-12(11)19-8-4-2-1-3-5-8/h1-7,13H. The first-order chi connectivity index (χ1) is 9.25. The molecule has 7 heteroatoms. The minimum Gasteiger partial charge on any atom is -0.437 e. The van der Waals surface area contributed by atoms with Crippen LogP contribution in [0.1, 0.15) is 0 Å². The summed E-state index contributed by atoms with van der Waals surface area (Å²) in [6.45, 7) is 0. The molecule has 0 fully saturated rings. The number of nitrogens with one attached hydrogen (secondary N) is 1. The Kier molecular flexibility index (Phi) is 2.57. The molecule has 2 aromatic heterocycles. The third-order valence-electron chi connectivity index (χ3n) is 2.56. The van der Waals surface area contributed by atoms with Crippen molar-refractivity contribution >= 4 is 16.7 Å². The number of rotatable bonds is 3. The minimum atomic E-state index is -0.502. The molecule has 7 nitrogen and oxygen atoms in total. The summed E-state index contributed by atoms with van der Waals surface area (Å²) in [6, 6.07) is 9.05. The summed E-state index contributed by atoms with van der Waals surface area (Å²) < 4.78 is 5.58. The van der Waals surface area contributed by atoms with Gasteiger partial charge in [0.1, 0.15) is 17.6 Å². The van der Waals surface area contributed by atoms with Crippen molar-refractivity contribution in [1.82, 2.24) is 15.0 Å². The summed E-state index contributed by atoms with van der Waals surface area (Å²) in [5.74, 6) is 0.851. The summed E-state index contributed by atoms with van der Waals surface area (Å²) >= 11 is 0. The Bertz CT molecular complexity index is 739. The Morgan fingerprint density at radius 1 is 1.21 bits per heavy atom. The van der Waals surface area contributed by atoms with E-state index in [1.54, 1.807) is 12.1 Å². The number of para-hydroxylation sites is 1. The topological polar surface area (TPSA) is 93.9 Å². The number of ether oxygens (including phenoxy) is 1. The van der Waals surface area contributed by atoms with Crippen molar-refractivity contribution in [3.63, 3.8) is 0 Å². The van der Waals surface area contributed by atoms with Gasteiger partial charge in [0.15, 0.2) is 5.52 Å². The molecule has 0 aliphatic rings. The van der Waals surface area contributed by atoms with Crippen molar-refractivity contribution in [1.29, 1.82) is 0 Å². The van der Waals surface area contributed by atoms with Gasteiger partial charge in [-0.2, -0.15) is 4.98 Å². The van der Waals surface area contributed by atoms with Crippen molar-refractivity contribution in [2.24, 2.45) is 0 Å². The maximum atomic E-state index is 10.8. The molecule has 1 N–H and O–H groups in total. The summed E-state index contributed by atoms with van der Waals surface area (Å²) in [7, 11) is 0. The zero-order valence-corrected chi connectivity index (χ0v) is 9.61. The third-order valence-corrected chi connectivity index (χ3v) is 2.56. The normalized spacial score (nSPS) is 10.5. The van der Waals surface area contributed by atoms with E-state index >= 15 is 0 Å². The van der Waals surface area contributed by atoms with Crippen LogP contribution in [-0.4, -0.2) is 19.9 Å². The first kappa shape index (κ1) is 11.1. The van der Waals surface area contributed by atoms with Crippen molar-refractivity contribution < 1.29 is 9.66 Å².